The van der Waals surface area contributed by atoms with Crippen molar-refractivity contribution in [1.29, 1.82) is 0 Å². The molecule has 1 aromatic carbocycles. The Morgan fingerprint density at radius 3 is 2.92 bits per heavy atom. The zero-order chi connectivity index (χ0) is 17.1. The molecule has 2 aromatic rings. The molecule has 5 nitrogen and oxygen atoms in total. The van der Waals surface area contributed by atoms with Crippen LogP contribution < -0.4 is 10.2 Å². The maximum Gasteiger partial charge on any atom is 0.224 e. The molecular formula is C18H18BrN3O2. The number of amides is 2. The molecule has 3 rings (SSSR count). The van der Waals surface area contributed by atoms with E-state index in [0.717, 1.165) is 27.7 Å². The lowest BCUT2D eigenvalue weighted by atomic mass is 10.1. The monoisotopic (exact) mass is 387 g/mol. The Morgan fingerprint density at radius 1 is 1.38 bits per heavy atom. The van der Waals surface area contributed by atoms with Crippen molar-refractivity contribution < 1.29 is 9.59 Å². The lowest BCUT2D eigenvalue weighted by Gasteiger charge is -2.19. The summed E-state index contributed by atoms with van der Waals surface area (Å²) in [5.41, 5.74) is 3.60. The summed E-state index contributed by atoms with van der Waals surface area (Å²) in [6.45, 7) is 2.20. The zero-order valence-corrected chi connectivity index (χ0v) is 15.0. The molecule has 6 heteroatoms. The molecule has 2 heterocycles. The zero-order valence-electron chi connectivity index (χ0n) is 13.4. The van der Waals surface area contributed by atoms with Gasteiger partial charge in [0.2, 0.25) is 11.8 Å². The lowest BCUT2D eigenvalue weighted by Crippen LogP contribution is -2.27. The van der Waals surface area contributed by atoms with Gasteiger partial charge in [-0.3, -0.25) is 14.6 Å². The minimum atomic E-state index is -0.0745. The summed E-state index contributed by atoms with van der Waals surface area (Å²) < 4.78 is 0.897. The van der Waals surface area contributed by atoms with E-state index < -0.39 is 0 Å². The molecule has 0 fully saturated rings. The third kappa shape index (κ3) is 3.64. The maximum absolute atomic E-state index is 12.3. The number of benzene rings is 1. The first-order chi connectivity index (χ1) is 11.5. The average molecular weight is 388 g/mol. The summed E-state index contributed by atoms with van der Waals surface area (Å²) in [5, 5.41) is 2.95. The number of nitrogens with one attached hydrogen (secondary N) is 1. The van der Waals surface area contributed by atoms with Gasteiger partial charge in [-0.25, -0.2) is 0 Å². The Hall–Kier alpha value is -2.21. The first kappa shape index (κ1) is 16.6. The van der Waals surface area contributed by atoms with Crippen LogP contribution in [-0.2, 0) is 22.4 Å². The van der Waals surface area contributed by atoms with Crippen LogP contribution in [0.2, 0.25) is 0 Å². The number of hydrogen-bond donors (Lipinski definition) is 1. The first-order valence-corrected chi connectivity index (χ1v) is 8.63. The summed E-state index contributed by atoms with van der Waals surface area (Å²) in [5.74, 6) is -0.0866. The quantitative estimate of drug-likeness (QED) is 0.874. The van der Waals surface area contributed by atoms with E-state index in [4.69, 9.17) is 0 Å². The van der Waals surface area contributed by atoms with Gasteiger partial charge in [0.25, 0.3) is 0 Å². The van der Waals surface area contributed by atoms with Gasteiger partial charge in [0.1, 0.15) is 0 Å². The molecule has 1 aliphatic rings. The molecule has 0 spiro atoms. The molecule has 0 atom stereocenters. The smallest absolute Gasteiger partial charge is 0.224 e. The van der Waals surface area contributed by atoms with Crippen molar-refractivity contribution in [1.82, 2.24) is 4.98 Å². The number of aromatic nitrogens is 1. The van der Waals surface area contributed by atoms with Crippen molar-refractivity contribution in [2.75, 3.05) is 16.8 Å². The first-order valence-electron chi connectivity index (χ1n) is 7.84. The molecule has 1 aliphatic heterocycles. The molecule has 0 radical (unpaired) electrons. The van der Waals surface area contributed by atoms with Crippen LogP contribution >= 0.6 is 15.9 Å². The molecular weight excluding hydrogens is 370 g/mol. The summed E-state index contributed by atoms with van der Waals surface area (Å²) in [7, 11) is 0. The van der Waals surface area contributed by atoms with E-state index in [-0.39, 0.29) is 11.8 Å². The number of pyridine rings is 1. The number of nitrogens with zero attached hydrogens (tertiary/aromatic N) is 2. The number of rotatable bonds is 4. The van der Waals surface area contributed by atoms with Gasteiger partial charge in [-0.2, -0.15) is 0 Å². The molecule has 0 unspecified atom stereocenters. The number of halogens is 1. The van der Waals surface area contributed by atoms with Crippen molar-refractivity contribution in [3.8, 4) is 0 Å². The van der Waals surface area contributed by atoms with Crippen molar-refractivity contribution in [2.45, 2.75) is 26.2 Å². The van der Waals surface area contributed by atoms with E-state index in [2.05, 4.69) is 26.2 Å². The molecule has 0 saturated carbocycles. The second-order valence-electron chi connectivity index (χ2n) is 5.79. The summed E-state index contributed by atoms with van der Waals surface area (Å²) in [6, 6.07) is 7.67. The Labute approximate surface area is 149 Å². The lowest BCUT2D eigenvalue weighted by molar-refractivity contribution is -0.117. The number of fused-ring (bicyclic) bond motifs is 1. The van der Waals surface area contributed by atoms with Gasteiger partial charge >= 0.3 is 0 Å². The number of hydrogen-bond acceptors (Lipinski definition) is 3. The standard InChI is InChI=1S/C18H18BrN3O2/c1-12(23)22-8-6-14-9-15(19)10-16(18(14)22)21-17(24)5-4-13-3-2-7-20-11-13/h2-3,7,9-11H,4-6,8H2,1H3,(H,21,24). The van der Waals surface area contributed by atoms with Gasteiger partial charge in [-0.1, -0.05) is 22.0 Å². The SMILES string of the molecule is CC(=O)N1CCc2cc(Br)cc(NC(=O)CCc3cccnc3)c21. The third-order valence-electron chi connectivity index (χ3n) is 4.05. The van der Waals surface area contributed by atoms with E-state index in [1.54, 1.807) is 24.2 Å². The third-order valence-corrected chi connectivity index (χ3v) is 4.50. The van der Waals surface area contributed by atoms with Crippen LogP contribution in [0.25, 0.3) is 0 Å². The Morgan fingerprint density at radius 2 is 2.21 bits per heavy atom. The molecule has 1 aromatic heterocycles. The fourth-order valence-corrected chi connectivity index (χ4v) is 3.44. The highest BCUT2D eigenvalue weighted by molar-refractivity contribution is 9.10. The highest BCUT2D eigenvalue weighted by Crippen LogP contribution is 2.38. The molecule has 0 bridgehead atoms. The fraction of sp³-hybridized carbons (Fsp3) is 0.278. The minimum absolute atomic E-state index is 0.0121. The van der Waals surface area contributed by atoms with Crippen molar-refractivity contribution >= 4 is 39.1 Å². The Bertz CT molecular complexity index is 777. The van der Waals surface area contributed by atoms with Crippen LogP contribution in [0, 0.1) is 0 Å². The maximum atomic E-state index is 12.3. The van der Waals surface area contributed by atoms with E-state index in [0.29, 0.717) is 25.1 Å². The van der Waals surface area contributed by atoms with E-state index in [1.807, 2.05) is 24.3 Å². The largest absolute Gasteiger partial charge is 0.324 e. The summed E-state index contributed by atoms with van der Waals surface area (Å²) >= 11 is 3.48. The highest BCUT2D eigenvalue weighted by atomic mass is 79.9. The van der Waals surface area contributed by atoms with Crippen LogP contribution in [0.1, 0.15) is 24.5 Å². The predicted molar refractivity (Wildman–Crippen MR) is 97.1 cm³/mol. The molecule has 0 aliphatic carbocycles. The number of anilines is 2. The molecule has 1 N–H and O–H groups in total. The van der Waals surface area contributed by atoms with E-state index >= 15 is 0 Å². The fourth-order valence-electron chi connectivity index (χ4n) is 2.94. The van der Waals surface area contributed by atoms with Crippen molar-refractivity contribution in [2.24, 2.45) is 0 Å². The molecule has 0 saturated heterocycles. The highest BCUT2D eigenvalue weighted by Gasteiger charge is 2.26. The van der Waals surface area contributed by atoms with Gasteiger partial charge in [-0.05, 0) is 42.2 Å². The summed E-state index contributed by atoms with van der Waals surface area (Å²) in [4.78, 5) is 29.9. The average Bonchev–Trinajstić information content (AvgIpc) is 2.98. The number of carbonyl (C=O) groups excluding carboxylic acids is 2. The second kappa shape index (κ2) is 7.13. The van der Waals surface area contributed by atoms with Gasteiger partial charge in [0, 0.05) is 36.8 Å². The number of aryl methyl sites for hydroxylation is 1. The van der Waals surface area contributed by atoms with E-state index in [9.17, 15) is 9.59 Å². The van der Waals surface area contributed by atoms with Crippen LogP contribution in [0.15, 0.2) is 41.1 Å². The van der Waals surface area contributed by atoms with Gasteiger partial charge in [0.15, 0.2) is 0 Å². The topological polar surface area (TPSA) is 62.3 Å². The van der Waals surface area contributed by atoms with Crippen LogP contribution in [0.4, 0.5) is 11.4 Å². The van der Waals surface area contributed by atoms with Crippen LogP contribution in [0.5, 0.6) is 0 Å². The minimum Gasteiger partial charge on any atom is -0.324 e. The van der Waals surface area contributed by atoms with Crippen molar-refractivity contribution in [3.63, 3.8) is 0 Å². The van der Waals surface area contributed by atoms with Gasteiger partial charge in [-0.15, -0.1) is 0 Å². The Kier molecular flexibility index (Phi) is 4.94. The molecule has 2 amide bonds. The molecule has 124 valence electrons. The number of carbonyl (C=O) groups is 2. The van der Waals surface area contributed by atoms with Crippen molar-refractivity contribution in [3.05, 3.63) is 52.3 Å². The second-order valence-corrected chi connectivity index (χ2v) is 6.71. The normalized spacial score (nSPS) is 12.8. The predicted octanol–water partition coefficient (Wildman–Crippen LogP) is 3.32. The van der Waals surface area contributed by atoms with Crippen LogP contribution in [-0.4, -0.2) is 23.3 Å². The van der Waals surface area contributed by atoms with Crippen LogP contribution in [0.3, 0.4) is 0 Å². The van der Waals surface area contributed by atoms with Gasteiger partial charge in [0.05, 0.1) is 11.4 Å². The van der Waals surface area contributed by atoms with Gasteiger partial charge < -0.3 is 10.2 Å². The van der Waals surface area contributed by atoms with E-state index in [1.165, 1.54) is 0 Å². The summed E-state index contributed by atoms with van der Waals surface area (Å²) in [6.07, 6.45) is 5.28. The Balaban J connectivity index is 1.75. The molecule has 24 heavy (non-hydrogen) atoms.